The van der Waals surface area contributed by atoms with Crippen molar-refractivity contribution in [2.45, 2.75) is 25.8 Å². The highest BCUT2D eigenvalue weighted by molar-refractivity contribution is 6.10. The molecule has 168 valence electrons. The number of nitrogens with one attached hydrogen (secondary N) is 1. The maximum Gasteiger partial charge on any atom is 0.305 e. The summed E-state index contributed by atoms with van der Waals surface area (Å²) in [7, 11) is 0. The Morgan fingerprint density at radius 3 is 2.50 bits per heavy atom. The standard InChI is InChI=1S/C22H21F2N3O5/c23-15-6-5-14(11-16(15)24)12-26(10-9-22(31)32)20(29)7-8-21(30)27-13-19(28)25-17-3-1-2-4-18(17)27/h1-6,11H,7-10,12-13H2,(H,25,28)(H,31,32). The second-order valence-electron chi connectivity index (χ2n) is 7.25. The Kier molecular flexibility index (Phi) is 7.14. The third-order valence-corrected chi connectivity index (χ3v) is 4.93. The number of anilines is 2. The summed E-state index contributed by atoms with van der Waals surface area (Å²) >= 11 is 0. The fourth-order valence-corrected chi connectivity index (χ4v) is 3.34. The van der Waals surface area contributed by atoms with Gasteiger partial charge < -0.3 is 20.2 Å². The van der Waals surface area contributed by atoms with Crippen LogP contribution in [-0.2, 0) is 25.7 Å². The van der Waals surface area contributed by atoms with Crippen LogP contribution in [0.4, 0.5) is 20.2 Å². The largest absolute Gasteiger partial charge is 0.481 e. The molecule has 0 spiro atoms. The molecule has 2 aromatic rings. The van der Waals surface area contributed by atoms with E-state index in [1.807, 2.05) is 0 Å². The number of rotatable bonds is 8. The van der Waals surface area contributed by atoms with Crippen LogP contribution >= 0.6 is 0 Å². The zero-order chi connectivity index (χ0) is 23.3. The lowest BCUT2D eigenvalue weighted by Crippen LogP contribution is -2.42. The first-order valence-electron chi connectivity index (χ1n) is 9.87. The smallest absolute Gasteiger partial charge is 0.305 e. The number of hydrogen-bond donors (Lipinski definition) is 2. The lowest BCUT2D eigenvalue weighted by molar-refractivity contribution is -0.139. The molecule has 0 saturated carbocycles. The van der Waals surface area contributed by atoms with E-state index in [0.29, 0.717) is 11.4 Å². The number of amides is 3. The average molecular weight is 445 g/mol. The zero-order valence-corrected chi connectivity index (χ0v) is 17.0. The predicted molar refractivity (Wildman–Crippen MR) is 111 cm³/mol. The molecule has 2 N–H and O–H groups in total. The molecule has 0 fully saturated rings. The molecular weight excluding hydrogens is 424 g/mol. The fraction of sp³-hybridized carbons (Fsp3) is 0.273. The molecule has 0 radical (unpaired) electrons. The number of carbonyl (C=O) groups excluding carboxylic acids is 3. The van der Waals surface area contributed by atoms with Crippen LogP contribution in [0.3, 0.4) is 0 Å². The molecule has 1 heterocycles. The number of hydrogen-bond acceptors (Lipinski definition) is 4. The summed E-state index contributed by atoms with van der Waals surface area (Å²) in [4.78, 5) is 50.8. The Morgan fingerprint density at radius 1 is 1.03 bits per heavy atom. The van der Waals surface area contributed by atoms with Gasteiger partial charge in [0, 0.05) is 25.9 Å². The molecular formula is C22H21F2N3O5. The molecule has 3 rings (SSSR count). The second kappa shape index (κ2) is 9.99. The second-order valence-corrected chi connectivity index (χ2v) is 7.25. The Hall–Kier alpha value is -3.82. The van der Waals surface area contributed by atoms with Crippen molar-refractivity contribution in [3.63, 3.8) is 0 Å². The van der Waals surface area contributed by atoms with Crippen molar-refractivity contribution < 1.29 is 33.1 Å². The van der Waals surface area contributed by atoms with Gasteiger partial charge in [0.1, 0.15) is 6.54 Å². The van der Waals surface area contributed by atoms with E-state index in [1.165, 1.54) is 15.9 Å². The number of benzene rings is 2. The van der Waals surface area contributed by atoms with Crippen LogP contribution in [0.25, 0.3) is 0 Å². The molecule has 0 aliphatic carbocycles. The van der Waals surface area contributed by atoms with Gasteiger partial charge in [-0.1, -0.05) is 18.2 Å². The van der Waals surface area contributed by atoms with Crippen LogP contribution in [0.1, 0.15) is 24.8 Å². The van der Waals surface area contributed by atoms with Crippen molar-refractivity contribution in [2.24, 2.45) is 0 Å². The molecule has 0 unspecified atom stereocenters. The number of para-hydroxylation sites is 2. The van der Waals surface area contributed by atoms with Crippen LogP contribution in [0.2, 0.25) is 0 Å². The summed E-state index contributed by atoms with van der Waals surface area (Å²) in [5, 5.41) is 11.6. The molecule has 0 saturated heterocycles. The zero-order valence-electron chi connectivity index (χ0n) is 17.0. The van der Waals surface area contributed by atoms with Crippen molar-refractivity contribution >= 4 is 35.1 Å². The van der Waals surface area contributed by atoms with Crippen LogP contribution in [0.15, 0.2) is 42.5 Å². The number of nitrogens with zero attached hydrogens (tertiary/aromatic N) is 2. The monoisotopic (exact) mass is 445 g/mol. The van der Waals surface area contributed by atoms with E-state index >= 15 is 0 Å². The summed E-state index contributed by atoms with van der Waals surface area (Å²) in [6.07, 6.45) is -0.784. The van der Waals surface area contributed by atoms with E-state index in [2.05, 4.69) is 5.32 Å². The number of fused-ring (bicyclic) bond motifs is 1. The molecule has 8 nitrogen and oxygen atoms in total. The van der Waals surface area contributed by atoms with E-state index in [9.17, 15) is 28.0 Å². The lowest BCUT2D eigenvalue weighted by Gasteiger charge is -2.29. The maximum absolute atomic E-state index is 13.5. The van der Waals surface area contributed by atoms with E-state index in [1.54, 1.807) is 24.3 Å². The van der Waals surface area contributed by atoms with Gasteiger partial charge in [0.2, 0.25) is 17.7 Å². The Labute approximate surface area is 182 Å². The van der Waals surface area contributed by atoms with Gasteiger partial charge >= 0.3 is 5.97 Å². The van der Waals surface area contributed by atoms with Crippen molar-refractivity contribution in [3.8, 4) is 0 Å². The van der Waals surface area contributed by atoms with Crippen molar-refractivity contribution in [2.75, 3.05) is 23.3 Å². The highest BCUT2D eigenvalue weighted by Crippen LogP contribution is 2.29. The first-order valence-corrected chi connectivity index (χ1v) is 9.87. The number of carboxylic acids is 1. The highest BCUT2D eigenvalue weighted by atomic mass is 19.2. The third-order valence-electron chi connectivity index (χ3n) is 4.93. The van der Waals surface area contributed by atoms with Crippen LogP contribution in [0, 0.1) is 11.6 Å². The molecule has 3 amide bonds. The normalized spacial score (nSPS) is 12.7. The quantitative estimate of drug-likeness (QED) is 0.650. The first-order chi connectivity index (χ1) is 15.2. The van der Waals surface area contributed by atoms with Crippen LogP contribution in [-0.4, -0.2) is 46.8 Å². The number of carboxylic acid groups (broad SMARTS) is 1. The Balaban J connectivity index is 1.67. The van der Waals surface area contributed by atoms with E-state index < -0.39 is 29.4 Å². The molecule has 0 bridgehead atoms. The van der Waals surface area contributed by atoms with E-state index in [4.69, 9.17) is 5.11 Å². The molecule has 2 aromatic carbocycles. The van der Waals surface area contributed by atoms with Crippen molar-refractivity contribution in [1.82, 2.24) is 4.90 Å². The van der Waals surface area contributed by atoms with Gasteiger partial charge in [0.05, 0.1) is 17.8 Å². The minimum atomic E-state index is -1.12. The van der Waals surface area contributed by atoms with Gasteiger partial charge in [-0.3, -0.25) is 19.2 Å². The highest BCUT2D eigenvalue weighted by Gasteiger charge is 2.27. The fourth-order valence-electron chi connectivity index (χ4n) is 3.34. The van der Waals surface area contributed by atoms with E-state index in [0.717, 1.165) is 12.1 Å². The van der Waals surface area contributed by atoms with Gasteiger partial charge in [-0.15, -0.1) is 0 Å². The number of carbonyl (C=O) groups is 4. The van der Waals surface area contributed by atoms with Gasteiger partial charge in [-0.2, -0.15) is 0 Å². The molecule has 32 heavy (non-hydrogen) atoms. The molecule has 0 atom stereocenters. The van der Waals surface area contributed by atoms with Gasteiger partial charge in [0.25, 0.3) is 0 Å². The van der Waals surface area contributed by atoms with Crippen LogP contribution < -0.4 is 10.2 Å². The maximum atomic E-state index is 13.5. The summed E-state index contributed by atoms with van der Waals surface area (Å²) in [6, 6.07) is 9.93. The van der Waals surface area contributed by atoms with Gasteiger partial charge in [-0.25, -0.2) is 8.78 Å². The number of aliphatic carboxylic acids is 1. The topological polar surface area (TPSA) is 107 Å². The number of halogens is 2. The minimum Gasteiger partial charge on any atom is -0.481 e. The molecule has 10 heteroatoms. The predicted octanol–water partition coefficient (Wildman–Crippen LogP) is 2.53. The summed E-state index contributed by atoms with van der Waals surface area (Å²) in [5.41, 5.74) is 1.30. The Bertz CT molecular complexity index is 1060. The summed E-state index contributed by atoms with van der Waals surface area (Å²) in [6.45, 7) is -0.468. The minimum absolute atomic E-state index is 0.132. The summed E-state index contributed by atoms with van der Waals surface area (Å²) < 4.78 is 26.7. The van der Waals surface area contributed by atoms with E-state index in [-0.39, 0.29) is 50.4 Å². The average Bonchev–Trinajstić information content (AvgIpc) is 2.76. The van der Waals surface area contributed by atoms with Crippen molar-refractivity contribution in [1.29, 1.82) is 0 Å². The molecule has 1 aliphatic rings. The molecule has 1 aliphatic heterocycles. The molecule has 0 aromatic heterocycles. The lowest BCUT2D eigenvalue weighted by atomic mass is 10.1. The Morgan fingerprint density at radius 2 is 1.78 bits per heavy atom. The summed E-state index contributed by atoms with van der Waals surface area (Å²) in [5.74, 6) is -4.55. The third kappa shape index (κ3) is 5.65. The van der Waals surface area contributed by atoms with Crippen molar-refractivity contribution in [3.05, 3.63) is 59.7 Å². The van der Waals surface area contributed by atoms with Crippen LogP contribution in [0.5, 0.6) is 0 Å². The SMILES string of the molecule is O=C(O)CCN(Cc1ccc(F)c(F)c1)C(=O)CCC(=O)N1CC(=O)Nc2ccccc21. The first kappa shape index (κ1) is 22.9. The van der Waals surface area contributed by atoms with Gasteiger partial charge in [-0.05, 0) is 29.8 Å². The van der Waals surface area contributed by atoms with Gasteiger partial charge in [0.15, 0.2) is 11.6 Å².